The summed E-state index contributed by atoms with van der Waals surface area (Å²) in [6, 6.07) is 0. The SMILES string of the molecule is CC1=CC=C(O)CC1=C1C=CC(=O)C=C1. The summed E-state index contributed by atoms with van der Waals surface area (Å²) in [6.07, 6.45) is 10.8. The first-order chi connectivity index (χ1) is 7.16. The van der Waals surface area contributed by atoms with Crippen LogP contribution in [0.3, 0.4) is 0 Å². The second kappa shape index (κ2) is 3.73. The van der Waals surface area contributed by atoms with E-state index < -0.39 is 0 Å². The van der Waals surface area contributed by atoms with Crippen molar-refractivity contribution in [3.63, 3.8) is 0 Å². The summed E-state index contributed by atoms with van der Waals surface area (Å²) < 4.78 is 0. The van der Waals surface area contributed by atoms with Crippen LogP contribution >= 0.6 is 0 Å². The second-order valence-corrected chi connectivity index (χ2v) is 3.69. The van der Waals surface area contributed by atoms with Gasteiger partial charge in [0.2, 0.25) is 0 Å². The molecule has 2 heteroatoms. The van der Waals surface area contributed by atoms with Gasteiger partial charge in [0.1, 0.15) is 0 Å². The van der Waals surface area contributed by atoms with Gasteiger partial charge in [-0.2, -0.15) is 0 Å². The third-order valence-corrected chi connectivity index (χ3v) is 2.56. The summed E-state index contributed by atoms with van der Waals surface area (Å²) >= 11 is 0. The molecule has 0 saturated heterocycles. The maximum absolute atomic E-state index is 11.0. The van der Waals surface area contributed by atoms with Gasteiger partial charge in [-0.1, -0.05) is 18.2 Å². The average Bonchev–Trinajstić information content (AvgIpc) is 2.23. The lowest BCUT2D eigenvalue weighted by Crippen LogP contribution is -2.00. The highest BCUT2D eigenvalue weighted by Gasteiger charge is 2.12. The van der Waals surface area contributed by atoms with Gasteiger partial charge in [0.25, 0.3) is 0 Å². The van der Waals surface area contributed by atoms with Gasteiger partial charge in [-0.05, 0) is 41.9 Å². The molecule has 0 unspecified atom stereocenters. The number of allylic oxidation sites excluding steroid dienone is 9. The van der Waals surface area contributed by atoms with E-state index in [-0.39, 0.29) is 5.78 Å². The van der Waals surface area contributed by atoms with Crippen molar-refractivity contribution in [3.05, 3.63) is 58.9 Å². The average molecular weight is 200 g/mol. The number of carbonyl (C=O) groups is 1. The lowest BCUT2D eigenvalue weighted by molar-refractivity contribution is -0.110. The Morgan fingerprint density at radius 2 is 1.80 bits per heavy atom. The summed E-state index contributed by atoms with van der Waals surface area (Å²) in [4.78, 5) is 11.0. The molecule has 1 N–H and O–H groups in total. The molecule has 76 valence electrons. The Hall–Kier alpha value is -1.83. The molecular formula is C13H12O2. The van der Waals surface area contributed by atoms with Crippen molar-refractivity contribution >= 4 is 5.78 Å². The van der Waals surface area contributed by atoms with Gasteiger partial charge in [-0.3, -0.25) is 4.79 Å². The van der Waals surface area contributed by atoms with Crippen LogP contribution in [0.4, 0.5) is 0 Å². The summed E-state index contributed by atoms with van der Waals surface area (Å²) in [5.74, 6) is 0.373. The summed E-state index contributed by atoms with van der Waals surface area (Å²) in [6.45, 7) is 2.00. The van der Waals surface area contributed by atoms with Crippen LogP contribution < -0.4 is 0 Å². The molecule has 0 bridgehead atoms. The Balaban J connectivity index is 2.39. The fourth-order valence-corrected chi connectivity index (χ4v) is 1.69. The van der Waals surface area contributed by atoms with E-state index in [0.29, 0.717) is 12.2 Å². The third-order valence-electron chi connectivity index (χ3n) is 2.56. The molecule has 0 aromatic carbocycles. The highest BCUT2D eigenvalue weighted by atomic mass is 16.3. The van der Waals surface area contributed by atoms with Gasteiger partial charge in [0.05, 0.1) is 5.76 Å². The van der Waals surface area contributed by atoms with Crippen LogP contribution in [0.15, 0.2) is 58.9 Å². The van der Waals surface area contributed by atoms with Gasteiger partial charge in [-0.25, -0.2) is 0 Å². The molecule has 0 aliphatic heterocycles. The van der Waals surface area contributed by atoms with E-state index in [1.165, 1.54) is 0 Å². The van der Waals surface area contributed by atoms with E-state index in [2.05, 4.69) is 0 Å². The number of aliphatic hydroxyl groups is 1. The van der Waals surface area contributed by atoms with Crippen LogP contribution in [-0.2, 0) is 4.79 Å². The maximum Gasteiger partial charge on any atom is 0.178 e. The molecule has 0 fully saturated rings. The zero-order valence-electron chi connectivity index (χ0n) is 8.53. The van der Waals surface area contributed by atoms with Crippen LogP contribution in [0.1, 0.15) is 13.3 Å². The highest BCUT2D eigenvalue weighted by Crippen LogP contribution is 2.27. The van der Waals surface area contributed by atoms with Crippen LogP contribution in [0, 0.1) is 0 Å². The molecule has 0 saturated carbocycles. The monoisotopic (exact) mass is 200 g/mol. The van der Waals surface area contributed by atoms with Crippen molar-refractivity contribution in [2.45, 2.75) is 13.3 Å². The van der Waals surface area contributed by atoms with E-state index in [1.807, 2.05) is 13.0 Å². The molecule has 0 amide bonds. The van der Waals surface area contributed by atoms with Crippen molar-refractivity contribution in [1.82, 2.24) is 0 Å². The molecule has 2 aliphatic carbocycles. The molecular weight excluding hydrogens is 188 g/mol. The van der Waals surface area contributed by atoms with Crippen molar-refractivity contribution in [1.29, 1.82) is 0 Å². The Morgan fingerprint density at radius 3 is 2.47 bits per heavy atom. The summed E-state index contributed by atoms with van der Waals surface area (Å²) in [5.41, 5.74) is 3.21. The Bertz CT molecular complexity index is 439. The van der Waals surface area contributed by atoms with Crippen molar-refractivity contribution in [2.24, 2.45) is 0 Å². The minimum atomic E-state index is 0.0107. The van der Waals surface area contributed by atoms with Crippen molar-refractivity contribution in [2.75, 3.05) is 0 Å². The quantitative estimate of drug-likeness (QED) is 0.652. The zero-order chi connectivity index (χ0) is 10.8. The molecule has 0 heterocycles. The Kier molecular flexibility index (Phi) is 2.42. The van der Waals surface area contributed by atoms with E-state index in [1.54, 1.807) is 30.4 Å². The third kappa shape index (κ3) is 1.99. The number of carbonyl (C=O) groups excluding carboxylic acids is 1. The molecule has 0 atom stereocenters. The number of hydrogen-bond donors (Lipinski definition) is 1. The fourth-order valence-electron chi connectivity index (χ4n) is 1.69. The first kappa shape index (κ1) is 9.71. The highest BCUT2D eigenvalue weighted by molar-refractivity contribution is 6.01. The Morgan fingerprint density at radius 1 is 1.13 bits per heavy atom. The Labute approximate surface area is 88.6 Å². The number of aliphatic hydroxyl groups excluding tert-OH is 1. The summed E-state index contributed by atoms with van der Waals surface area (Å²) in [7, 11) is 0. The van der Waals surface area contributed by atoms with E-state index in [4.69, 9.17) is 0 Å². The lowest BCUT2D eigenvalue weighted by atomic mass is 9.91. The van der Waals surface area contributed by atoms with E-state index >= 15 is 0 Å². The zero-order valence-corrected chi connectivity index (χ0v) is 8.53. The molecule has 2 nitrogen and oxygen atoms in total. The minimum absolute atomic E-state index is 0.0107. The second-order valence-electron chi connectivity index (χ2n) is 3.69. The predicted octanol–water partition coefficient (Wildman–Crippen LogP) is 2.77. The molecule has 15 heavy (non-hydrogen) atoms. The van der Waals surface area contributed by atoms with E-state index in [0.717, 1.165) is 16.7 Å². The number of ketones is 1. The lowest BCUT2D eigenvalue weighted by Gasteiger charge is -2.15. The van der Waals surface area contributed by atoms with E-state index in [9.17, 15) is 9.90 Å². The molecule has 2 aliphatic rings. The van der Waals surface area contributed by atoms with Crippen molar-refractivity contribution in [3.8, 4) is 0 Å². The molecule has 2 rings (SSSR count). The van der Waals surface area contributed by atoms with Gasteiger partial charge in [-0.15, -0.1) is 0 Å². The largest absolute Gasteiger partial charge is 0.512 e. The molecule has 0 radical (unpaired) electrons. The van der Waals surface area contributed by atoms with Gasteiger partial charge < -0.3 is 5.11 Å². The summed E-state index contributed by atoms with van der Waals surface area (Å²) in [5, 5.41) is 9.45. The fraction of sp³-hybridized carbons (Fsp3) is 0.154. The standard InChI is InChI=1S/C13H12O2/c1-9-2-5-12(15)8-13(9)10-3-6-11(14)7-4-10/h2-7,15H,8H2,1H3. The number of hydrogen-bond acceptors (Lipinski definition) is 2. The molecule has 0 aromatic rings. The van der Waals surface area contributed by atoms with Crippen molar-refractivity contribution < 1.29 is 9.90 Å². The smallest absolute Gasteiger partial charge is 0.178 e. The number of rotatable bonds is 0. The molecule has 0 aromatic heterocycles. The van der Waals surface area contributed by atoms with Gasteiger partial charge >= 0.3 is 0 Å². The normalized spacial score (nSPS) is 20.5. The maximum atomic E-state index is 11.0. The van der Waals surface area contributed by atoms with Gasteiger partial charge in [0.15, 0.2) is 5.78 Å². The van der Waals surface area contributed by atoms with Gasteiger partial charge in [0, 0.05) is 6.42 Å². The van der Waals surface area contributed by atoms with Crippen LogP contribution in [0.5, 0.6) is 0 Å². The molecule has 0 spiro atoms. The first-order valence-corrected chi connectivity index (χ1v) is 4.87. The van der Waals surface area contributed by atoms with Crippen LogP contribution in [0.25, 0.3) is 0 Å². The topological polar surface area (TPSA) is 37.3 Å². The van der Waals surface area contributed by atoms with Crippen LogP contribution in [-0.4, -0.2) is 10.9 Å². The predicted molar refractivity (Wildman–Crippen MR) is 59.4 cm³/mol. The first-order valence-electron chi connectivity index (χ1n) is 4.87. The van der Waals surface area contributed by atoms with Crippen LogP contribution in [0.2, 0.25) is 0 Å². The minimum Gasteiger partial charge on any atom is -0.512 e.